The van der Waals surface area contributed by atoms with E-state index < -0.39 is 0 Å². The average molecular weight is 293 g/mol. The van der Waals surface area contributed by atoms with E-state index in [0.29, 0.717) is 22.6 Å². The fourth-order valence-electron chi connectivity index (χ4n) is 1.93. The van der Waals surface area contributed by atoms with Crippen LogP contribution in [0.5, 0.6) is 11.5 Å². The highest BCUT2D eigenvalue weighted by molar-refractivity contribution is 6.29. The molecule has 20 heavy (non-hydrogen) atoms. The number of hydrogen-bond donors (Lipinski definition) is 1. The largest absolute Gasteiger partial charge is 0.504 e. The average Bonchev–Trinajstić information content (AvgIpc) is 2.37. The fourth-order valence-corrected chi connectivity index (χ4v) is 2.14. The van der Waals surface area contributed by atoms with Crippen molar-refractivity contribution in [2.75, 3.05) is 7.11 Å². The molecule has 0 amide bonds. The van der Waals surface area contributed by atoms with Crippen molar-refractivity contribution < 1.29 is 9.84 Å². The van der Waals surface area contributed by atoms with Gasteiger partial charge in [-0.05, 0) is 36.6 Å². The first-order valence-electron chi connectivity index (χ1n) is 6.40. The van der Waals surface area contributed by atoms with Gasteiger partial charge in [-0.25, -0.2) is 9.97 Å². The Balaban J connectivity index is 2.44. The Bertz CT molecular complexity index is 615. The molecule has 0 aliphatic rings. The van der Waals surface area contributed by atoms with Crippen LogP contribution in [0.15, 0.2) is 24.3 Å². The number of ether oxygens (including phenoxy) is 1. The number of halogens is 1. The number of phenolic OH excluding ortho intramolecular Hbond substituents is 1. The summed E-state index contributed by atoms with van der Waals surface area (Å²) in [6.45, 7) is 4.25. The van der Waals surface area contributed by atoms with Crippen LogP contribution >= 0.6 is 11.6 Å². The lowest BCUT2D eigenvalue weighted by Gasteiger charge is -2.09. The molecular formula is C15H17ClN2O2. The third-order valence-corrected chi connectivity index (χ3v) is 3.00. The van der Waals surface area contributed by atoms with Crippen LogP contribution in [0.3, 0.4) is 0 Å². The van der Waals surface area contributed by atoms with E-state index in [1.165, 1.54) is 7.11 Å². The minimum atomic E-state index is 0.0840. The van der Waals surface area contributed by atoms with Crippen LogP contribution in [0.1, 0.15) is 19.5 Å². The third-order valence-electron chi connectivity index (χ3n) is 2.80. The van der Waals surface area contributed by atoms with Gasteiger partial charge in [0.15, 0.2) is 17.3 Å². The number of methoxy groups -OCH3 is 1. The molecule has 1 N–H and O–H groups in total. The van der Waals surface area contributed by atoms with Gasteiger partial charge < -0.3 is 9.84 Å². The van der Waals surface area contributed by atoms with Crippen molar-refractivity contribution in [3.05, 3.63) is 35.1 Å². The van der Waals surface area contributed by atoms with Crippen molar-refractivity contribution in [1.29, 1.82) is 0 Å². The summed E-state index contributed by atoms with van der Waals surface area (Å²) in [7, 11) is 1.50. The quantitative estimate of drug-likeness (QED) is 0.873. The van der Waals surface area contributed by atoms with Crippen molar-refractivity contribution in [2.45, 2.75) is 20.3 Å². The molecule has 2 rings (SSSR count). The van der Waals surface area contributed by atoms with E-state index in [4.69, 9.17) is 16.3 Å². The summed E-state index contributed by atoms with van der Waals surface area (Å²) in [5, 5.41) is 10.0. The van der Waals surface area contributed by atoms with Gasteiger partial charge in [0.05, 0.1) is 7.11 Å². The van der Waals surface area contributed by atoms with Crippen molar-refractivity contribution in [1.82, 2.24) is 9.97 Å². The zero-order valence-electron chi connectivity index (χ0n) is 11.7. The molecule has 0 radical (unpaired) electrons. The number of rotatable bonds is 4. The van der Waals surface area contributed by atoms with Gasteiger partial charge in [0.25, 0.3) is 0 Å². The lowest BCUT2D eigenvalue weighted by atomic mass is 10.1. The minimum Gasteiger partial charge on any atom is -0.504 e. The molecule has 0 saturated heterocycles. The van der Waals surface area contributed by atoms with Crippen LogP contribution in [0.25, 0.3) is 11.4 Å². The Kier molecular flexibility index (Phi) is 4.45. The van der Waals surface area contributed by atoms with Crippen molar-refractivity contribution >= 4 is 11.6 Å². The zero-order chi connectivity index (χ0) is 14.7. The van der Waals surface area contributed by atoms with Crippen molar-refractivity contribution in [3.8, 4) is 22.9 Å². The number of benzene rings is 1. The van der Waals surface area contributed by atoms with Crippen LogP contribution in [0.2, 0.25) is 5.15 Å². The van der Waals surface area contributed by atoms with Gasteiger partial charge in [-0.2, -0.15) is 0 Å². The smallest absolute Gasteiger partial charge is 0.161 e. The molecule has 1 heterocycles. The Morgan fingerprint density at radius 1 is 1.25 bits per heavy atom. The van der Waals surface area contributed by atoms with Crippen LogP contribution in [-0.2, 0) is 6.42 Å². The summed E-state index contributed by atoms with van der Waals surface area (Å²) in [5.74, 6) is 1.49. The van der Waals surface area contributed by atoms with E-state index in [1.807, 2.05) is 0 Å². The fraction of sp³-hybridized carbons (Fsp3) is 0.333. The first kappa shape index (κ1) is 14.6. The maximum atomic E-state index is 9.62. The summed E-state index contributed by atoms with van der Waals surface area (Å²) in [6, 6.07) is 6.77. The number of nitrogens with zero attached hydrogens (tertiary/aromatic N) is 2. The molecule has 106 valence electrons. The first-order chi connectivity index (χ1) is 9.49. The standard InChI is InChI=1S/C15H17ClN2O2/c1-9(2)6-11-8-14(16)18-15(17-11)10-4-5-12(19)13(7-10)20-3/h4-5,7-9,19H,6H2,1-3H3. The molecular weight excluding hydrogens is 276 g/mol. The van der Waals surface area contributed by atoms with E-state index >= 15 is 0 Å². The second-order valence-electron chi connectivity index (χ2n) is 4.99. The number of phenols is 1. The molecule has 0 spiro atoms. The van der Waals surface area contributed by atoms with Gasteiger partial charge in [-0.15, -0.1) is 0 Å². The van der Waals surface area contributed by atoms with Crippen molar-refractivity contribution in [2.24, 2.45) is 5.92 Å². The van der Waals surface area contributed by atoms with Crippen LogP contribution in [0.4, 0.5) is 0 Å². The highest BCUT2D eigenvalue weighted by Crippen LogP contribution is 2.30. The predicted octanol–water partition coefficient (Wildman–Crippen LogP) is 3.71. The Hall–Kier alpha value is -1.81. The maximum absolute atomic E-state index is 9.62. The Morgan fingerprint density at radius 2 is 2.00 bits per heavy atom. The summed E-state index contributed by atoms with van der Waals surface area (Å²) >= 11 is 6.06. The molecule has 5 heteroatoms. The van der Waals surface area contributed by atoms with E-state index in [0.717, 1.165) is 17.7 Å². The number of hydrogen-bond acceptors (Lipinski definition) is 4. The molecule has 0 unspecified atom stereocenters. The molecule has 0 fully saturated rings. The summed E-state index contributed by atoms with van der Waals surface area (Å²) < 4.78 is 5.09. The monoisotopic (exact) mass is 292 g/mol. The highest BCUT2D eigenvalue weighted by atomic mass is 35.5. The maximum Gasteiger partial charge on any atom is 0.161 e. The number of aromatic nitrogens is 2. The van der Waals surface area contributed by atoms with Gasteiger partial charge >= 0.3 is 0 Å². The lowest BCUT2D eigenvalue weighted by molar-refractivity contribution is 0.373. The van der Waals surface area contributed by atoms with E-state index in [2.05, 4.69) is 23.8 Å². The first-order valence-corrected chi connectivity index (χ1v) is 6.78. The van der Waals surface area contributed by atoms with E-state index in [9.17, 15) is 5.11 Å². The van der Waals surface area contributed by atoms with E-state index in [-0.39, 0.29) is 5.75 Å². The van der Waals surface area contributed by atoms with Gasteiger partial charge in [-0.3, -0.25) is 0 Å². The second-order valence-corrected chi connectivity index (χ2v) is 5.38. The lowest BCUT2D eigenvalue weighted by Crippen LogP contribution is -2.00. The molecule has 1 aromatic heterocycles. The molecule has 0 saturated carbocycles. The highest BCUT2D eigenvalue weighted by Gasteiger charge is 2.10. The predicted molar refractivity (Wildman–Crippen MR) is 79.2 cm³/mol. The zero-order valence-corrected chi connectivity index (χ0v) is 12.5. The van der Waals surface area contributed by atoms with Crippen molar-refractivity contribution in [3.63, 3.8) is 0 Å². The molecule has 2 aromatic rings. The summed E-state index contributed by atoms with van der Waals surface area (Å²) in [6.07, 6.45) is 0.838. The van der Waals surface area contributed by atoms with E-state index in [1.54, 1.807) is 24.3 Å². The molecule has 0 atom stereocenters. The van der Waals surface area contributed by atoms with Gasteiger partial charge in [0, 0.05) is 11.3 Å². The molecule has 0 bridgehead atoms. The van der Waals surface area contributed by atoms with Gasteiger partial charge in [-0.1, -0.05) is 25.4 Å². The summed E-state index contributed by atoms with van der Waals surface area (Å²) in [5.41, 5.74) is 1.66. The normalized spacial score (nSPS) is 10.8. The SMILES string of the molecule is COc1cc(-c2nc(Cl)cc(CC(C)C)n2)ccc1O. The topological polar surface area (TPSA) is 55.2 Å². The van der Waals surface area contributed by atoms with Crippen LogP contribution < -0.4 is 4.74 Å². The van der Waals surface area contributed by atoms with Crippen LogP contribution in [0, 0.1) is 5.92 Å². The molecule has 0 aliphatic carbocycles. The Morgan fingerprint density at radius 3 is 2.65 bits per heavy atom. The molecule has 4 nitrogen and oxygen atoms in total. The third kappa shape index (κ3) is 3.39. The van der Waals surface area contributed by atoms with Crippen LogP contribution in [-0.4, -0.2) is 22.2 Å². The summed E-state index contributed by atoms with van der Waals surface area (Å²) in [4.78, 5) is 8.75. The molecule has 1 aromatic carbocycles. The Labute approximate surface area is 123 Å². The van der Waals surface area contributed by atoms with Gasteiger partial charge in [0.1, 0.15) is 5.15 Å². The second kappa shape index (κ2) is 6.09. The number of aromatic hydroxyl groups is 1. The van der Waals surface area contributed by atoms with Gasteiger partial charge in [0.2, 0.25) is 0 Å². The molecule has 0 aliphatic heterocycles. The minimum absolute atomic E-state index is 0.0840.